The molecule has 2 fully saturated rings. The van der Waals surface area contributed by atoms with Crippen LogP contribution in [0.25, 0.3) is 0 Å². The van der Waals surface area contributed by atoms with Gasteiger partial charge in [-0.3, -0.25) is 9.59 Å². The Kier molecular flexibility index (Phi) is 7.46. The van der Waals surface area contributed by atoms with Crippen molar-refractivity contribution in [3.63, 3.8) is 0 Å². The van der Waals surface area contributed by atoms with Gasteiger partial charge >= 0.3 is 0 Å². The number of nitrogens with zero attached hydrogens (tertiary/aromatic N) is 2. The molecule has 2 aromatic carbocycles. The molecule has 1 aliphatic heterocycles. The van der Waals surface area contributed by atoms with Crippen molar-refractivity contribution in [2.75, 3.05) is 36.4 Å². The second kappa shape index (κ2) is 10.7. The lowest BCUT2D eigenvalue weighted by Crippen LogP contribution is -2.49. The van der Waals surface area contributed by atoms with Gasteiger partial charge in [-0.25, -0.2) is 0 Å². The van der Waals surface area contributed by atoms with Gasteiger partial charge in [0.1, 0.15) is 0 Å². The number of nitrogens with one attached hydrogen (secondary N) is 1. The Morgan fingerprint density at radius 3 is 2.31 bits per heavy atom. The second-order valence-corrected chi connectivity index (χ2v) is 9.26. The molecule has 0 unspecified atom stereocenters. The first-order valence-electron chi connectivity index (χ1n) is 12.1. The third kappa shape index (κ3) is 5.90. The van der Waals surface area contributed by atoms with Crippen LogP contribution in [0.3, 0.4) is 0 Å². The number of rotatable bonds is 7. The van der Waals surface area contributed by atoms with Crippen LogP contribution in [0, 0.1) is 12.8 Å². The van der Waals surface area contributed by atoms with Crippen LogP contribution in [0.2, 0.25) is 0 Å². The Labute approximate surface area is 191 Å². The van der Waals surface area contributed by atoms with Crippen molar-refractivity contribution in [3.05, 3.63) is 59.7 Å². The maximum Gasteiger partial charge on any atom is 0.227 e. The first-order chi connectivity index (χ1) is 15.6. The number of carbonyl (C=O) groups excluding carboxylic acids is 2. The molecule has 0 bridgehead atoms. The van der Waals surface area contributed by atoms with Crippen molar-refractivity contribution in [3.8, 4) is 0 Å². The first kappa shape index (κ1) is 22.4. The fourth-order valence-corrected chi connectivity index (χ4v) is 4.91. The molecule has 0 radical (unpaired) electrons. The zero-order chi connectivity index (χ0) is 22.3. The van der Waals surface area contributed by atoms with Gasteiger partial charge in [0.05, 0.1) is 6.42 Å². The van der Waals surface area contributed by atoms with E-state index in [2.05, 4.69) is 35.3 Å². The van der Waals surface area contributed by atoms with Gasteiger partial charge in [-0.1, -0.05) is 49.9 Å². The molecule has 4 rings (SSSR count). The average molecular weight is 434 g/mol. The third-order valence-corrected chi connectivity index (χ3v) is 7.01. The number of anilines is 2. The predicted molar refractivity (Wildman–Crippen MR) is 130 cm³/mol. The van der Waals surface area contributed by atoms with Gasteiger partial charge in [-0.2, -0.15) is 0 Å². The van der Waals surface area contributed by atoms with Crippen LogP contribution in [-0.2, 0) is 16.0 Å². The number of hydrogen-bond acceptors (Lipinski definition) is 3. The van der Waals surface area contributed by atoms with Crippen molar-refractivity contribution >= 4 is 23.2 Å². The van der Waals surface area contributed by atoms with Crippen LogP contribution in [0.4, 0.5) is 11.4 Å². The summed E-state index contributed by atoms with van der Waals surface area (Å²) >= 11 is 0. The summed E-state index contributed by atoms with van der Waals surface area (Å²) in [6, 6.07) is 16.2. The standard InChI is InChI=1S/C27H35N3O2/c1-21-6-2-5-9-23(21)20-27(32)30-18-16-29(17-19-30)25-13-11-24(12-14-25)28-26(31)15-10-22-7-3-4-8-22/h2,5-6,9,11-14,22H,3-4,7-8,10,15-20H2,1H3,(H,28,31). The monoisotopic (exact) mass is 433 g/mol. The van der Waals surface area contributed by atoms with Crippen molar-refractivity contribution in [1.29, 1.82) is 0 Å². The van der Waals surface area contributed by atoms with Crippen molar-refractivity contribution in [2.45, 2.75) is 51.9 Å². The highest BCUT2D eigenvalue weighted by Crippen LogP contribution is 2.28. The first-order valence-corrected chi connectivity index (χ1v) is 12.1. The van der Waals surface area contributed by atoms with E-state index >= 15 is 0 Å². The number of aryl methyl sites for hydroxylation is 1. The topological polar surface area (TPSA) is 52.7 Å². The average Bonchev–Trinajstić information content (AvgIpc) is 3.34. The van der Waals surface area contributed by atoms with Gasteiger partial charge in [0.15, 0.2) is 0 Å². The van der Waals surface area contributed by atoms with Gasteiger partial charge in [0.25, 0.3) is 0 Å². The maximum absolute atomic E-state index is 12.7. The molecule has 2 aliphatic rings. The minimum Gasteiger partial charge on any atom is -0.368 e. The van der Waals surface area contributed by atoms with Gasteiger partial charge in [-0.15, -0.1) is 0 Å². The van der Waals surface area contributed by atoms with Crippen molar-refractivity contribution < 1.29 is 9.59 Å². The van der Waals surface area contributed by atoms with Crippen molar-refractivity contribution in [1.82, 2.24) is 4.90 Å². The summed E-state index contributed by atoms with van der Waals surface area (Å²) in [5, 5.41) is 3.04. The Bertz CT molecular complexity index is 911. The fourth-order valence-electron chi connectivity index (χ4n) is 4.91. The van der Waals surface area contributed by atoms with Gasteiger partial charge in [-0.05, 0) is 54.7 Å². The van der Waals surface area contributed by atoms with E-state index in [0.717, 1.165) is 55.5 Å². The fraction of sp³-hybridized carbons (Fsp3) is 0.481. The number of piperazine rings is 1. The lowest BCUT2D eigenvalue weighted by molar-refractivity contribution is -0.130. The number of carbonyl (C=O) groups is 2. The Hall–Kier alpha value is -2.82. The molecular weight excluding hydrogens is 398 g/mol. The predicted octanol–water partition coefficient (Wildman–Crippen LogP) is 4.80. The van der Waals surface area contributed by atoms with Crippen LogP contribution in [0.5, 0.6) is 0 Å². The summed E-state index contributed by atoms with van der Waals surface area (Å²) in [6.07, 6.45) is 7.31. The molecule has 1 aliphatic carbocycles. The van der Waals surface area contributed by atoms with Crippen LogP contribution < -0.4 is 10.2 Å². The van der Waals surface area contributed by atoms with Crippen LogP contribution in [-0.4, -0.2) is 42.9 Å². The molecule has 1 saturated heterocycles. The van der Waals surface area contributed by atoms with Crippen LogP contribution >= 0.6 is 0 Å². The highest BCUT2D eigenvalue weighted by Gasteiger charge is 2.22. The molecule has 1 N–H and O–H groups in total. The summed E-state index contributed by atoms with van der Waals surface area (Å²) in [5.74, 6) is 1.06. The van der Waals surface area contributed by atoms with E-state index in [1.165, 1.54) is 31.2 Å². The Morgan fingerprint density at radius 1 is 0.938 bits per heavy atom. The quantitative estimate of drug-likeness (QED) is 0.683. The molecular formula is C27H35N3O2. The molecule has 170 valence electrons. The van der Waals surface area contributed by atoms with E-state index < -0.39 is 0 Å². The van der Waals surface area contributed by atoms with E-state index in [1.54, 1.807) is 0 Å². The Balaban J connectivity index is 1.22. The number of hydrogen-bond donors (Lipinski definition) is 1. The van der Waals surface area contributed by atoms with E-state index in [9.17, 15) is 9.59 Å². The molecule has 1 saturated carbocycles. The van der Waals surface area contributed by atoms with Gasteiger partial charge < -0.3 is 15.1 Å². The van der Waals surface area contributed by atoms with E-state index in [4.69, 9.17) is 0 Å². The lowest BCUT2D eigenvalue weighted by atomic mass is 10.0. The maximum atomic E-state index is 12.7. The molecule has 0 spiro atoms. The zero-order valence-corrected chi connectivity index (χ0v) is 19.2. The largest absolute Gasteiger partial charge is 0.368 e. The summed E-state index contributed by atoms with van der Waals surface area (Å²) in [7, 11) is 0. The molecule has 5 heteroatoms. The van der Waals surface area contributed by atoms with E-state index in [0.29, 0.717) is 12.8 Å². The smallest absolute Gasteiger partial charge is 0.227 e. The number of benzene rings is 2. The minimum atomic E-state index is 0.116. The van der Waals surface area contributed by atoms with Crippen LogP contribution in [0.1, 0.15) is 49.7 Å². The van der Waals surface area contributed by atoms with E-state index in [-0.39, 0.29) is 11.8 Å². The van der Waals surface area contributed by atoms with Gasteiger partial charge in [0.2, 0.25) is 11.8 Å². The summed E-state index contributed by atoms with van der Waals surface area (Å²) in [4.78, 5) is 29.2. The third-order valence-electron chi connectivity index (χ3n) is 7.01. The lowest BCUT2D eigenvalue weighted by Gasteiger charge is -2.36. The Morgan fingerprint density at radius 2 is 1.62 bits per heavy atom. The normalized spacial score (nSPS) is 16.9. The van der Waals surface area contributed by atoms with E-state index in [1.807, 2.05) is 35.2 Å². The molecule has 0 aromatic heterocycles. The molecule has 2 amide bonds. The molecule has 0 atom stereocenters. The van der Waals surface area contributed by atoms with Crippen molar-refractivity contribution in [2.24, 2.45) is 5.92 Å². The number of amides is 2. The SMILES string of the molecule is Cc1ccccc1CC(=O)N1CCN(c2ccc(NC(=O)CCC3CCCC3)cc2)CC1. The molecule has 1 heterocycles. The second-order valence-electron chi connectivity index (χ2n) is 9.26. The summed E-state index contributed by atoms with van der Waals surface area (Å²) in [5.41, 5.74) is 4.28. The minimum absolute atomic E-state index is 0.116. The molecule has 5 nitrogen and oxygen atoms in total. The molecule has 2 aromatic rings. The van der Waals surface area contributed by atoms with Crippen LogP contribution in [0.15, 0.2) is 48.5 Å². The highest BCUT2D eigenvalue weighted by atomic mass is 16.2. The summed E-state index contributed by atoms with van der Waals surface area (Å²) < 4.78 is 0. The summed E-state index contributed by atoms with van der Waals surface area (Å²) in [6.45, 7) is 5.19. The molecule has 32 heavy (non-hydrogen) atoms. The highest BCUT2D eigenvalue weighted by molar-refractivity contribution is 5.90. The zero-order valence-electron chi connectivity index (χ0n) is 19.2. The van der Waals surface area contributed by atoms with Gasteiger partial charge in [0, 0.05) is 44.0 Å².